The Morgan fingerprint density at radius 2 is 1.75 bits per heavy atom. The van der Waals surface area contributed by atoms with Crippen molar-refractivity contribution < 1.29 is 32.2 Å². The molecular formula is C35H31F3N6O4. The number of alkyl halides is 3. The summed E-state index contributed by atoms with van der Waals surface area (Å²) in [6, 6.07) is 13.4. The number of nitrogens with one attached hydrogen (secondary N) is 1. The molecule has 48 heavy (non-hydrogen) atoms. The summed E-state index contributed by atoms with van der Waals surface area (Å²) >= 11 is 0. The number of ether oxygens (including phenoxy) is 3. The third-order valence-electron chi connectivity index (χ3n) is 8.50. The van der Waals surface area contributed by atoms with Gasteiger partial charge < -0.3 is 24.4 Å². The van der Waals surface area contributed by atoms with Crippen LogP contribution in [0.2, 0.25) is 0 Å². The number of halogens is 3. The Bertz CT molecular complexity index is 1980. The van der Waals surface area contributed by atoms with E-state index in [0.29, 0.717) is 59.9 Å². The third-order valence-corrected chi connectivity index (χ3v) is 8.50. The number of hydrogen-bond donors (Lipinski definition) is 1. The second-order valence-electron chi connectivity index (χ2n) is 11.7. The zero-order chi connectivity index (χ0) is 33.4. The molecule has 0 bridgehead atoms. The van der Waals surface area contributed by atoms with E-state index in [1.54, 1.807) is 14.2 Å². The number of benzene rings is 2. The number of nitrogens with zero attached hydrogens (tertiary/aromatic N) is 5. The van der Waals surface area contributed by atoms with Gasteiger partial charge in [-0.05, 0) is 54.3 Å². The van der Waals surface area contributed by atoms with Gasteiger partial charge in [0.25, 0.3) is 5.91 Å². The molecule has 1 saturated carbocycles. The van der Waals surface area contributed by atoms with Gasteiger partial charge in [-0.2, -0.15) is 13.2 Å². The lowest BCUT2D eigenvalue weighted by molar-refractivity contribution is -0.141. The molecule has 0 spiro atoms. The van der Waals surface area contributed by atoms with Crippen LogP contribution in [0.3, 0.4) is 0 Å². The Morgan fingerprint density at radius 1 is 0.958 bits per heavy atom. The number of rotatable bonds is 10. The normalized spacial score (nSPS) is 14.1. The topological polar surface area (TPSA) is 112 Å². The SMILES string of the molecule is COc1ccc(CNc2nc3cc(CN(C(=O)c4cnc(C5CC5)nc4)c4ccc(C(F)(F)F)nc4)ccc3c3c2COC3)c(OC)c1. The lowest BCUT2D eigenvalue weighted by Gasteiger charge is -2.23. The van der Waals surface area contributed by atoms with E-state index in [-0.39, 0.29) is 17.8 Å². The molecule has 1 N–H and O–H groups in total. The molecule has 0 atom stereocenters. The lowest BCUT2D eigenvalue weighted by atomic mass is 10.0. The summed E-state index contributed by atoms with van der Waals surface area (Å²) < 4.78 is 56.6. The minimum atomic E-state index is -4.61. The molecule has 5 aromatic rings. The van der Waals surface area contributed by atoms with Gasteiger partial charge in [0.1, 0.15) is 28.8 Å². The predicted octanol–water partition coefficient (Wildman–Crippen LogP) is 6.82. The zero-order valence-electron chi connectivity index (χ0n) is 26.2. The average molecular weight is 657 g/mol. The van der Waals surface area contributed by atoms with Crippen LogP contribution in [0.15, 0.2) is 67.1 Å². The molecule has 1 aliphatic carbocycles. The molecule has 0 radical (unpaired) electrons. The quantitative estimate of drug-likeness (QED) is 0.173. The molecule has 2 aromatic carbocycles. The molecule has 1 fully saturated rings. The second kappa shape index (κ2) is 12.7. The maximum Gasteiger partial charge on any atom is 0.433 e. The Morgan fingerprint density at radius 3 is 2.44 bits per heavy atom. The third kappa shape index (κ3) is 6.33. The molecule has 7 rings (SSSR count). The van der Waals surface area contributed by atoms with Crippen molar-refractivity contribution >= 4 is 28.3 Å². The highest BCUT2D eigenvalue weighted by Gasteiger charge is 2.33. The van der Waals surface area contributed by atoms with E-state index >= 15 is 0 Å². The van der Waals surface area contributed by atoms with Crippen molar-refractivity contribution in [3.05, 3.63) is 106 Å². The van der Waals surface area contributed by atoms with Crippen molar-refractivity contribution in [1.82, 2.24) is 19.9 Å². The summed E-state index contributed by atoms with van der Waals surface area (Å²) in [7, 11) is 3.20. The fourth-order valence-electron chi connectivity index (χ4n) is 5.75. The Hall–Kier alpha value is -5.30. The smallest absolute Gasteiger partial charge is 0.433 e. The van der Waals surface area contributed by atoms with Gasteiger partial charge in [0.05, 0.1) is 56.9 Å². The molecule has 0 saturated heterocycles. The van der Waals surface area contributed by atoms with Gasteiger partial charge in [-0.1, -0.05) is 12.1 Å². The van der Waals surface area contributed by atoms with Crippen LogP contribution in [-0.2, 0) is 37.2 Å². The molecule has 4 heterocycles. The summed E-state index contributed by atoms with van der Waals surface area (Å²) in [6.45, 7) is 1.30. The largest absolute Gasteiger partial charge is 0.497 e. The van der Waals surface area contributed by atoms with Crippen molar-refractivity contribution in [1.29, 1.82) is 0 Å². The predicted molar refractivity (Wildman–Crippen MR) is 171 cm³/mol. The van der Waals surface area contributed by atoms with E-state index in [1.807, 2.05) is 36.4 Å². The first-order valence-electron chi connectivity index (χ1n) is 15.4. The van der Waals surface area contributed by atoms with E-state index in [0.717, 1.165) is 47.2 Å². The molecule has 1 aliphatic heterocycles. The number of fused-ring (bicyclic) bond motifs is 3. The number of carbonyl (C=O) groups is 1. The standard InChI is InChI=1S/C35H31F3N6O4/c1-46-25-8-6-22(30(12-25)47-2)13-42-33-28-19-48-18-27(28)26-9-3-20(11-29(26)43-33)17-44(24-7-10-31(39-16-24)35(36,37)38)34(45)23-14-40-32(41-15-23)21-4-5-21/h3,6-12,14-16,21H,4-5,13,17-19H2,1-2H3,(H,42,43). The summed E-state index contributed by atoms with van der Waals surface area (Å²) in [6.07, 6.45) is 1.39. The molecule has 0 unspecified atom stereocenters. The maximum absolute atomic E-state index is 13.8. The van der Waals surface area contributed by atoms with E-state index in [4.69, 9.17) is 19.2 Å². The monoisotopic (exact) mass is 656 g/mol. The number of methoxy groups -OCH3 is 2. The van der Waals surface area contributed by atoms with Gasteiger partial charge in [-0.25, -0.2) is 19.9 Å². The number of anilines is 2. The van der Waals surface area contributed by atoms with Gasteiger partial charge >= 0.3 is 6.18 Å². The van der Waals surface area contributed by atoms with E-state index in [2.05, 4.69) is 20.3 Å². The summed E-state index contributed by atoms with van der Waals surface area (Å²) in [5, 5.41) is 4.35. The van der Waals surface area contributed by atoms with Gasteiger partial charge in [-0.3, -0.25) is 4.79 Å². The van der Waals surface area contributed by atoms with Crippen molar-refractivity contribution in [3.63, 3.8) is 0 Å². The Kier molecular flexibility index (Phi) is 8.29. The van der Waals surface area contributed by atoms with Crippen LogP contribution in [0, 0.1) is 0 Å². The zero-order valence-corrected chi connectivity index (χ0v) is 26.2. The Labute approximate surface area is 273 Å². The van der Waals surface area contributed by atoms with Crippen molar-refractivity contribution in [2.45, 2.75) is 51.2 Å². The van der Waals surface area contributed by atoms with Crippen LogP contribution in [0.25, 0.3) is 10.9 Å². The first-order valence-corrected chi connectivity index (χ1v) is 15.4. The van der Waals surface area contributed by atoms with Crippen LogP contribution in [0.4, 0.5) is 24.7 Å². The first kappa shape index (κ1) is 31.3. The van der Waals surface area contributed by atoms with E-state index in [9.17, 15) is 18.0 Å². The van der Waals surface area contributed by atoms with Gasteiger partial charge in [0, 0.05) is 47.4 Å². The van der Waals surface area contributed by atoms with Crippen molar-refractivity contribution in [3.8, 4) is 11.5 Å². The number of hydrogen-bond acceptors (Lipinski definition) is 9. The summed E-state index contributed by atoms with van der Waals surface area (Å²) in [4.78, 5) is 32.5. The van der Waals surface area contributed by atoms with Gasteiger partial charge in [0.15, 0.2) is 0 Å². The molecule has 3 aromatic heterocycles. The van der Waals surface area contributed by atoms with Crippen LogP contribution in [0.5, 0.6) is 11.5 Å². The maximum atomic E-state index is 13.8. The summed E-state index contributed by atoms with van der Waals surface area (Å²) in [5.41, 5.74) is 3.65. The highest BCUT2D eigenvalue weighted by atomic mass is 19.4. The minimum Gasteiger partial charge on any atom is -0.497 e. The summed E-state index contributed by atoms with van der Waals surface area (Å²) in [5.74, 6) is 2.54. The minimum absolute atomic E-state index is 0.0350. The molecule has 2 aliphatic rings. The fourth-order valence-corrected chi connectivity index (χ4v) is 5.75. The number of pyridine rings is 2. The molecule has 246 valence electrons. The van der Waals surface area contributed by atoms with Crippen molar-refractivity contribution in [2.24, 2.45) is 0 Å². The fraction of sp³-hybridized carbons (Fsp3) is 0.286. The van der Waals surface area contributed by atoms with Gasteiger partial charge in [-0.15, -0.1) is 0 Å². The average Bonchev–Trinajstić information content (AvgIpc) is 3.84. The van der Waals surface area contributed by atoms with E-state index in [1.165, 1.54) is 23.4 Å². The number of amides is 1. The first-order chi connectivity index (χ1) is 23.2. The molecular weight excluding hydrogens is 625 g/mol. The van der Waals surface area contributed by atoms with Gasteiger partial charge in [0.2, 0.25) is 0 Å². The van der Waals surface area contributed by atoms with E-state index < -0.39 is 17.8 Å². The second-order valence-corrected chi connectivity index (χ2v) is 11.7. The van der Waals surface area contributed by atoms with Crippen LogP contribution < -0.4 is 19.7 Å². The highest BCUT2D eigenvalue weighted by Crippen LogP contribution is 2.38. The molecule has 10 nitrogen and oxygen atoms in total. The molecule has 1 amide bonds. The lowest BCUT2D eigenvalue weighted by Crippen LogP contribution is -2.31. The Balaban J connectivity index is 1.21. The number of aromatic nitrogens is 4. The number of carbonyl (C=O) groups excluding carboxylic acids is 1. The highest BCUT2D eigenvalue weighted by molar-refractivity contribution is 6.05. The van der Waals surface area contributed by atoms with Crippen LogP contribution in [-0.4, -0.2) is 40.1 Å². The molecule has 13 heteroatoms. The van der Waals surface area contributed by atoms with Crippen molar-refractivity contribution in [2.75, 3.05) is 24.4 Å². The van der Waals surface area contributed by atoms with Crippen LogP contribution >= 0.6 is 0 Å². The van der Waals surface area contributed by atoms with Crippen LogP contribution in [0.1, 0.15) is 62.9 Å².